The van der Waals surface area contributed by atoms with Crippen LogP contribution >= 0.6 is 0 Å². The van der Waals surface area contributed by atoms with Gasteiger partial charge in [0.25, 0.3) is 0 Å². The number of hydrogen-bond donors (Lipinski definition) is 0. The molecule has 0 heteroatoms. The molecule has 0 radical (unpaired) electrons. The van der Waals surface area contributed by atoms with Gasteiger partial charge in [0.2, 0.25) is 0 Å². The van der Waals surface area contributed by atoms with Crippen LogP contribution in [0, 0.1) is 5.92 Å². The number of hydrogen-bond acceptors (Lipinski definition) is 0. The summed E-state index contributed by atoms with van der Waals surface area (Å²) in [6, 6.07) is 7.20. The van der Waals surface area contributed by atoms with E-state index in [1.807, 2.05) is 0 Å². The van der Waals surface area contributed by atoms with Crippen LogP contribution < -0.4 is 0 Å². The maximum atomic E-state index is 4.35. The van der Waals surface area contributed by atoms with E-state index in [-0.39, 0.29) is 0 Å². The Labute approximate surface area is 176 Å². The van der Waals surface area contributed by atoms with Gasteiger partial charge >= 0.3 is 0 Å². The van der Waals surface area contributed by atoms with Gasteiger partial charge in [-0.2, -0.15) is 0 Å². The molecule has 0 heterocycles. The maximum absolute atomic E-state index is 4.35. The summed E-state index contributed by atoms with van der Waals surface area (Å²) in [6.07, 6.45) is 15.0. The lowest BCUT2D eigenvalue weighted by atomic mass is 9.85. The zero-order valence-electron chi connectivity index (χ0n) is 19.7. The summed E-state index contributed by atoms with van der Waals surface area (Å²) < 4.78 is 0. The molecule has 0 amide bonds. The highest BCUT2D eigenvalue weighted by atomic mass is 14.2. The average Bonchev–Trinajstić information content (AvgIpc) is 2.71. The number of allylic oxidation sites excluding steroid dienone is 3. The van der Waals surface area contributed by atoms with Crippen molar-refractivity contribution in [3.05, 3.63) is 53.1 Å². The predicted molar refractivity (Wildman–Crippen MR) is 129 cm³/mol. The van der Waals surface area contributed by atoms with Crippen molar-refractivity contribution >= 4 is 5.57 Å². The number of aryl methyl sites for hydroxylation is 1. The van der Waals surface area contributed by atoms with Gasteiger partial charge < -0.3 is 0 Å². The fraction of sp³-hybridized carbons (Fsp3) is 0.643. The molecule has 0 aliphatic carbocycles. The Morgan fingerprint density at radius 3 is 2.32 bits per heavy atom. The van der Waals surface area contributed by atoms with Crippen molar-refractivity contribution in [2.45, 2.75) is 112 Å². The molecule has 0 spiro atoms. The highest BCUT2D eigenvalue weighted by molar-refractivity contribution is 5.67. The zero-order valence-corrected chi connectivity index (χ0v) is 19.7. The molecular formula is C28H46. The van der Waals surface area contributed by atoms with Gasteiger partial charge in [0.1, 0.15) is 0 Å². The van der Waals surface area contributed by atoms with Crippen molar-refractivity contribution in [1.82, 2.24) is 0 Å². The van der Waals surface area contributed by atoms with Crippen molar-refractivity contribution in [3.8, 4) is 0 Å². The van der Waals surface area contributed by atoms with E-state index in [2.05, 4.69) is 72.4 Å². The van der Waals surface area contributed by atoms with E-state index in [9.17, 15) is 0 Å². The van der Waals surface area contributed by atoms with Gasteiger partial charge in [-0.25, -0.2) is 0 Å². The monoisotopic (exact) mass is 382 g/mol. The molecule has 2 atom stereocenters. The van der Waals surface area contributed by atoms with Crippen molar-refractivity contribution in [2.24, 2.45) is 5.92 Å². The quantitative estimate of drug-likeness (QED) is 0.222. The second-order valence-electron chi connectivity index (χ2n) is 8.68. The smallest absolute Gasteiger partial charge is 0.0187 e. The van der Waals surface area contributed by atoms with Crippen LogP contribution in [-0.2, 0) is 6.42 Å². The standard InChI is InChI=1S/C28H46/c1-8-12-14-15-23(6)25(11-4)18-17-24(7)27-20-19-26(16-13-9-2)28(21-27)22(5)10-3/h11,19-21,23-24H,5,8-10,12-18H2,1-4,6-7H3. The minimum absolute atomic E-state index is 0.599. The topological polar surface area (TPSA) is 0 Å². The molecular weight excluding hydrogens is 336 g/mol. The molecule has 1 rings (SSSR count). The Hall–Kier alpha value is -1.30. The lowest BCUT2D eigenvalue weighted by Gasteiger charge is -2.20. The van der Waals surface area contributed by atoms with E-state index in [4.69, 9.17) is 0 Å². The molecule has 0 aliphatic rings. The van der Waals surface area contributed by atoms with Crippen molar-refractivity contribution in [1.29, 1.82) is 0 Å². The minimum atomic E-state index is 0.599. The molecule has 0 N–H and O–H groups in total. The minimum Gasteiger partial charge on any atom is -0.0952 e. The molecule has 0 aliphatic heterocycles. The van der Waals surface area contributed by atoms with Crippen LogP contribution in [0.2, 0.25) is 0 Å². The van der Waals surface area contributed by atoms with E-state index in [1.165, 1.54) is 80.1 Å². The van der Waals surface area contributed by atoms with E-state index in [0.29, 0.717) is 5.92 Å². The SMILES string of the molecule is C=C(CC)c1cc(C(C)CCC(=CC)C(C)CCCCC)ccc1CCCC. The van der Waals surface area contributed by atoms with Crippen molar-refractivity contribution < 1.29 is 0 Å². The molecule has 0 fully saturated rings. The van der Waals surface area contributed by atoms with Crippen LogP contribution in [0.25, 0.3) is 5.57 Å². The van der Waals surface area contributed by atoms with Crippen LogP contribution in [0.15, 0.2) is 36.4 Å². The third kappa shape index (κ3) is 7.98. The first-order valence-electron chi connectivity index (χ1n) is 11.9. The Kier molecular flexibility index (Phi) is 12.2. The zero-order chi connectivity index (χ0) is 20.9. The predicted octanol–water partition coefficient (Wildman–Crippen LogP) is 9.50. The highest BCUT2D eigenvalue weighted by Crippen LogP contribution is 2.31. The molecule has 0 saturated heterocycles. The van der Waals surface area contributed by atoms with Crippen LogP contribution in [0.5, 0.6) is 0 Å². The summed E-state index contributed by atoms with van der Waals surface area (Å²) in [7, 11) is 0. The fourth-order valence-corrected chi connectivity index (χ4v) is 4.12. The normalized spacial score (nSPS) is 14.1. The maximum Gasteiger partial charge on any atom is -0.0187 e. The Bertz CT molecular complexity index is 604. The van der Waals surface area contributed by atoms with Crippen molar-refractivity contribution in [3.63, 3.8) is 0 Å². The molecule has 28 heavy (non-hydrogen) atoms. The van der Waals surface area contributed by atoms with Gasteiger partial charge in [-0.05, 0) is 79.5 Å². The van der Waals surface area contributed by atoms with Crippen molar-refractivity contribution in [2.75, 3.05) is 0 Å². The molecule has 0 saturated carbocycles. The molecule has 2 unspecified atom stereocenters. The van der Waals surface area contributed by atoms with Crippen LogP contribution in [-0.4, -0.2) is 0 Å². The summed E-state index contributed by atoms with van der Waals surface area (Å²) in [4.78, 5) is 0. The molecule has 0 nitrogen and oxygen atoms in total. The van der Waals surface area contributed by atoms with Gasteiger partial charge in [-0.1, -0.05) is 96.7 Å². The van der Waals surface area contributed by atoms with Crippen LogP contribution in [0.1, 0.15) is 122 Å². The lowest BCUT2D eigenvalue weighted by molar-refractivity contribution is 0.524. The molecule has 158 valence electrons. The average molecular weight is 383 g/mol. The summed E-state index contributed by atoms with van der Waals surface area (Å²) in [5.74, 6) is 1.33. The number of benzene rings is 1. The van der Waals surface area contributed by atoms with Gasteiger partial charge in [-0.15, -0.1) is 0 Å². The molecule has 0 aromatic heterocycles. The lowest BCUT2D eigenvalue weighted by Crippen LogP contribution is -2.03. The first kappa shape index (κ1) is 24.7. The van der Waals surface area contributed by atoms with E-state index in [1.54, 1.807) is 5.57 Å². The second-order valence-corrected chi connectivity index (χ2v) is 8.68. The Balaban J connectivity index is 2.79. The summed E-state index contributed by atoms with van der Waals surface area (Å²) in [5.41, 5.74) is 7.33. The largest absolute Gasteiger partial charge is 0.0952 e. The molecule has 0 bridgehead atoms. The first-order valence-corrected chi connectivity index (χ1v) is 11.9. The van der Waals surface area contributed by atoms with E-state index < -0.39 is 0 Å². The van der Waals surface area contributed by atoms with Gasteiger partial charge in [0.15, 0.2) is 0 Å². The van der Waals surface area contributed by atoms with Crippen LogP contribution in [0.4, 0.5) is 0 Å². The second kappa shape index (κ2) is 13.8. The van der Waals surface area contributed by atoms with E-state index >= 15 is 0 Å². The van der Waals surface area contributed by atoms with Crippen LogP contribution in [0.3, 0.4) is 0 Å². The van der Waals surface area contributed by atoms with Gasteiger partial charge in [0, 0.05) is 0 Å². The summed E-state index contributed by atoms with van der Waals surface area (Å²) >= 11 is 0. The van der Waals surface area contributed by atoms with Gasteiger partial charge in [0.05, 0.1) is 0 Å². The van der Waals surface area contributed by atoms with Gasteiger partial charge in [-0.3, -0.25) is 0 Å². The molecule has 1 aromatic rings. The Morgan fingerprint density at radius 1 is 1.00 bits per heavy atom. The van der Waals surface area contributed by atoms with E-state index in [0.717, 1.165) is 12.3 Å². The first-order chi connectivity index (χ1) is 13.5. The highest BCUT2D eigenvalue weighted by Gasteiger charge is 2.14. The third-order valence-electron chi connectivity index (χ3n) is 6.42. The Morgan fingerprint density at radius 2 is 1.71 bits per heavy atom. The summed E-state index contributed by atoms with van der Waals surface area (Å²) in [5, 5.41) is 0. The number of unbranched alkanes of at least 4 members (excludes halogenated alkanes) is 3. The number of rotatable bonds is 14. The summed E-state index contributed by atoms with van der Waals surface area (Å²) in [6.45, 7) is 18.2. The molecule has 1 aromatic carbocycles. The third-order valence-corrected chi connectivity index (χ3v) is 6.42. The fourth-order valence-electron chi connectivity index (χ4n) is 4.12.